The highest BCUT2D eigenvalue weighted by Crippen LogP contribution is 2.31. The van der Waals surface area contributed by atoms with Crippen LogP contribution in [0.5, 0.6) is 0 Å². The molecular formula is C21H20BrN7OS. The monoisotopic (exact) mass is 497 g/mol. The summed E-state index contributed by atoms with van der Waals surface area (Å²) in [5, 5.41) is 5.90. The van der Waals surface area contributed by atoms with Crippen molar-refractivity contribution in [3.8, 4) is 0 Å². The predicted molar refractivity (Wildman–Crippen MR) is 126 cm³/mol. The highest BCUT2D eigenvalue weighted by atomic mass is 79.9. The zero-order valence-electron chi connectivity index (χ0n) is 17.3. The average molecular weight is 498 g/mol. The number of fused-ring (bicyclic) bond motifs is 2. The Morgan fingerprint density at radius 2 is 2.06 bits per heavy atom. The van der Waals surface area contributed by atoms with E-state index in [1.54, 1.807) is 16.0 Å². The number of nitrogens with two attached hydrogens (primary N) is 1. The van der Waals surface area contributed by atoms with Crippen molar-refractivity contribution in [3.05, 3.63) is 61.4 Å². The van der Waals surface area contributed by atoms with Gasteiger partial charge in [0, 0.05) is 4.88 Å². The van der Waals surface area contributed by atoms with E-state index in [1.807, 2.05) is 37.5 Å². The zero-order chi connectivity index (χ0) is 21.9. The molecule has 158 valence electrons. The molecule has 4 aromatic heterocycles. The van der Waals surface area contributed by atoms with Crippen LogP contribution < -0.4 is 11.3 Å². The van der Waals surface area contributed by atoms with Gasteiger partial charge < -0.3 is 5.73 Å². The van der Waals surface area contributed by atoms with Gasteiger partial charge in [0.05, 0.1) is 16.8 Å². The zero-order valence-corrected chi connectivity index (χ0v) is 19.7. The third-order valence-electron chi connectivity index (χ3n) is 5.81. The van der Waals surface area contributed by atoms with Gasteiger partial charge in [-0.05, 0) is 48.7 Å². The second-order valence-electron chi connectivity index (χ2n) is 7.66. The van der Waals surface area contributed by atoms with Gasteiger partial charge in [-0.3, -0.25) is 9.36 Å². The van der Waals surface area contributed by atoms with Gasteiger partial charge in [-0.25, -0.2) is 19.6 Å². The SMILES string of the molecule is CC1=CC=CCC1n1c(Cn2nc(Br)c3c(N)ncnc32)nc2sc(C)c(C)c2c1=O. The Hall–Kier alpha value is -2.85. The van der Waals surface area contributed by atoms with Crippen molar-refractivity contribution >= 4 is 54.3 Å². The summed E-state index contributed by atoms with van der Waals surface area (Å²) in [6.45, 7) is 6.35. The number of halogens is 1. The summed E-state index contributed by atoms with van der Waals surface area (Å²) in [6.07, 6.45) is 8.31. The van der Waals surface area contributed by atoms with Crippen molar-refractivity contribution in [2.45, 2.75) is 39.8 Å². The van der Waals surface area contributed by atoms with E-state index in [0.717, 1.165) is 27.3 Å². The van der Waals surface area contributed by atoms with E-state index in [-0.39, 0.29) is 18.1 Å². The Balaban J connectivity index is 1.76. The molecule has 4 heterocycles. The van der Waals surface area contributed by atoms with Crippen LogP contribution >= 0.6 is 27.3 Å². The highest BCUT2D eigenvalue weighted by Gasteiger charge is 2.25. The maximum absolute atomic E-state index is 13.7. The molecule has 1 aliphatic rings. The van der Waals surface area contributed by atoms with Crippen LogP contribution in [-0.4, -0.2) is 29.3 Å². The number of aryl methyl sites for hydroxylation is 2. The lowest BCUT2D eigenvalue weighted by atomic mass is 9.99. The number of hydrogen-bond donors (Lipinski definition) is 1. The van der Waals surface area contributed by atoms with Gasteiger partial charge in [0.2, 0.25) is 0 Å². The molecule has 0 saturated carbocycles. The van der Waals surface area contributed by atoms with Gasteiger partial charge in [-0.1, -0.05) is 23.8 Å². The van der Waals surface area contributed by atoms with Crippen LogP contribution in [0.3, 0.4) is 0 Å². The first kappa shape index (κ1) is 20.1. The molecule has 10 heteroatoms. The fraction of sp³-hybridized carbons (Fsp3) is 0.286. The first-order valence-electron chi connectivity index (χ1n) is 9.83. The molecule has 5 rings (SSSR count). The van der Waals surface area contributed by atoms with Gasteiger partial charge in [0.1, 0.15) is 33.9 Å². The van der Waals surface area contributed by atoms with E-state index in [4.69, 9.17) is 10.7 Å². The van der Waals surface area contributed by atoms with Gasteiger partial charge >= 0.3 is 0 Å². The lowest BCUT2D eigenvalue weighted by molar-refractivity contribution is 0.504. The number of nitrogen functional groups attached to an aromatic ring is 1. The molecule has 0 bridgehead atoms. The fourth-order valence-corrected chi connectivity index (χ4v) is 5.66. The molecule has 2 N–H and O–H groups in total. The van der Waals surface area contributed by atoms with Crippen molar-refractivity contribution < 1.29 is 0 Å². The van der Waals surface area contributed by atoms with Crippen molar-refractivity contribution in [2.24, 2.45) is 0 Å². The summed E-state index contributed by atoms with van der Waals surface area (Å²) < 4.78 is 4.10. The molecule has 31 heavy (non-hydrogen) atoms. The summed E-state index contributed by atoms with van der Waals surface area (Å²) >= 11 is 5.00. The molecule has 0 fully saturated rings. The molecule has 0 aliphatic heterocycles. The number of anilines is 1. The lowest BCUT2D eigenvalue weighted by Crippen LogP contribution is -2.31. The van der Waals surface area contributed by atoms with E-state index >= 15 is 0 Å². The number of hydrogen-bond acceptors (Lipinski definition) is 7. The highest BCUT2D eigenvalue weighted by molar-refractivity contribution is 9.10. The molecule has 1 aliphatic carbocycles. The van der Waals surface area contributed by atoms with E-state index in [1.165, 1.54) is 6.33 Å². The van der Waals surface area contributed by atoms with E-state index in [9.17, 15) is 4.79 Å². The van der Waals surface area contributed by atoms with Crippen LogP contribution in [0.4, 0.5) is 5.82 Å². The van der Waals surface area contributed by atoms with E-state index < -0.39 is 0 Å². The normalized spacial score (nSPS) is 16.4. The maximum atomic E-state index is 13.7. The standard InChI is InChI=1S/C21H20BrN7OS/c1-10-6-4-5-7-13(10)29-14(26-20-15(21(29)30)11(2)12(3)31-20)8-28-19-16(17(22)27-28)18(23)24-9-25-19/h4-6,9,13H,7-8H2,1-3H3,(H2,23,24,25). The Morgan fingerprint density at radius 3 is 2.84 bits per heavy atom. The molecule has 1 unspecified atom stereocenters. The van der Waals surface area contributed by atoms with Crippen molar-refractivity contribution in [3.63, 3.8) is 0 Å². The van der Waals surface area contributed by atoms with E-state index in [2.05, 4.69) is 37.1 Å². The second-order valence-corrected chi connectivity index (χ2v) is 9.62. The van der Waals surface area contributed by atoms with Gasteiger partial charge in [0.25, 0.3) is 5.56 Å². The summed E-state index contributed by atoms with van der Waals surface area (Å²) in [5.41, 5.74) is 8.72. The Labute approximate surface area is 190 Å². The molecule has 0 amide bonds. The number of thiophene rings is 1. The van der Waals surface area contributed by atoms with Crippen LogP contribution in [-0.2, 0) is 6.54 Å². The van der Waals surface area contributed by atoms with Crippen LogP contribution in [0, 0.1) is 13.8 Å². The summed E-state index contributed by atoms with van der Waals surface area (Å²) in [4.78, 5) is 29.0. The molecule has 0 radical (unpaired) electrons. The molecular weight excluding hydrogens is 478 g/mol. The number of nitrogens with zero attached hydrogens (tertiary/aromatic N) is 6. The third-order valence-corrected chi connectivity index (χ3v) is 7.46. The Kier molecular flexibility index (Phi) is 4.78. The molecule has 0 saturated heterocycles. The van der Waals surface area contributed by atoms with E-state index in [0.29, 0.717) is 32.7 Å². The van der Waals surface area contributed by atoms with Gasteiger partial charge in [-0.15, -0.1) is 11.3 Å². The second kappa shape index (κ2) is 7.38. The van der Waals surface area contributed by atoms with Crippen molar-refractivity contribution in [2.75, 3.05) is 5.73 Å². The van der Waals surface area contributed by atoms with Crippen LogP contribution in [0.1, 0.15) is 35.7 Å². The summed E-state index contributed by atoms with van der Waals surface area (Å²) in [5.74, 6) is 0.991. The quantitative estimate of drug-likeness (QED) is 0.457. The number of allylic oxidation sites excluding steroid dienone is 4. The number of aromatic nitrogens is 6. The van der Waals surface area contributed by atoms with Crippen molar-refractivity contribution in [1.29, 1.82) is 0 Å². The predicted octanol–water partition coefficient (Wildman–Crippen LogP) is 4.05. The largest absolute Gasteiger partial charge is 0.383 e. The van der Waals surface area contributed by atoms with Crippen LogP contribution in [0.25, 0.3) is 21.3 Å². The smallest absolute Gasteiger partial charge is 0.263 e. The molecule has 0 aromatic carbocycles. The van der Waals surface area contributed by atoms with Crippen LogP contribution in [0.15, 0.2) is 39.5 Å². The molecule has 8 nitrogen and oxygen atoms in total. The molecule has 1 atom stereocenters. The summed E-state index contributed by atoms with van der Waals surface area (Å²) in [6, 6.07) is -0.0889. The lowest BCUT2D eigenvalue weighted by Gasteiger charge is -2.24. The van der Waals surface area contributed by atoms with Crippen molar-refractivity contribution in [1.82, 2.24) is 29.3 Å². The Bertz CT molecular complexity index is 1480. The minimum atomic E-state index is -0.0889. The average Bonchev–Trinajstić information content (AvgIpc) is 3.20. The summed E-state index contributed by atoms with van der Waals surface area (Å²) in [7, 11) is 0. The number of rotatable bonds is 3. The van der Waals surface area contributed by atoms with Gasteiger partial charge in [-0.2, -0.15) is 5.10 Å². The first-order valence-corrected chi connectivity index (χ1v) is 11.4. The molecule has 4 aromatic rings. The Morgan fingerprint density at radius 1 is 1.26 bits per heavy atom. The third kappa shape index (κ3) is 3.12. The first-order chi connectivity index (χ1) is 14.9. The maximum Gasteiger partial charge on any atom is 0.263 e. The topological polar surface area (TPSA) is 105 Å². The molecule has 0 spiro atoms. The minimum Gasteiger partial charge on any atom is -0.383 e. The van der Waals surface area contributed by atoms with Crippen LogP contribution in [0.2, 0.25) is 0 Å². The van der Waals surface area contributed by atoms with Gasteiger partial charge in [0.15, 0.2) is 5.65 Å². The minimum absolute atomic E-state index is 0.0143. The fourth-order valence-electron chi connectivity index (χ4n) is 4.05.